The van der Waals surface area contributed by atoms with Gasteiger partial charge in [0.15, 0.2) is 0 Å². The van der Waals surface area contributed by atoms with Crippen molar-refractivity contribution in [2.24, 2.45) is 0 Å². The van der Waals surface area contributed by atoms with Crippen molar-refractivity contribution >= 4 is 33.2 Å². The fraction of sp³-hybridized carbons (Fsp3) is 0.273. The monoisotopic (exact) mass is 312 g/mol. The first-order valence-corrected chi connectivity index (χ1v) is 6.77. The van der Waals surface area contributed by atoms with E-state index in [1.807, 2.05) is 12.1 Å². The molecule has 3 rings (SSSR count). The Labute approximate surface area is 110 Å². The first kappa shape index (κ1) is 11.0. The summed E-state index contributed by atoms with van der Waals surface area (Å²) < 4.78 is 1.04. The zero-order chi connectivity index (χ0) is 12.0. The number of aliphatic carboxylic acids is 1. The summed E-state index contributed by atoms with van der Waals surface area (Å²) in [7, 11) is 0. The highest BCUT2D eigenvalue weighted by molar-refractivity contribution is 9.11. The Kier molecular flexibility index (Phi) is 2.38. The maximum absolute atomic E-state index is 11.2. The third kappa shape index (κ3) is 1.71. The van der Waals surface area contributed by atoms with Gasteiger partial charge in [-0.25, -0.2) is 4.98 Å². The van der Waals surface area contributed by atoms with E-state index >= 15 is 0 Å². The molecule has 0 aromatic carbocycles. The highest BCUT2D eigenvalue weighted by atomic mass is 79.9. The number of hydrogen-bond donors (Lipinski definition) is 2. The van der Waals surface area contributed by atoms with E-state index in [4.69, 9.17) is 0 Å². The van der Waals surface area contributed by atoms with E-state index in [0.29, 0.717) is 18.7 Å². The molecule has 1 fully saturated rings. The minimum Gasteiger partial charge on any atom is -0.480 e. The number of H-pyrrole nitrogens is 1. The van der Waals surface area contributed by atoms with Crippen molar-refractivity contribution in [1.29, 1.82) is 0 Å². The molecule has 2 aromatic heterocycles. The first-order chi connectivity index (χ1) is 8.12. The van der Waals surface area contributed by atoms with Gasteiger partial charge in [-0.2, -0.15) is 0 Å². The summed E-state index contributed by atoms with van der Waals surface area (Å²) in [6, 6.07) is 3.94. The van der Waals surface area contributed by atoms with E-state index in [1.54, 1.807) is 17.5 Å². The van der Waals surface area contributed by atoms with Crippen LogP contribution < -0.4 is 0 Å². The van der Waals surface area contributed by atoms with Crippen LogP contribution in [0.2, 0.25) is 0 Å². The largest absolute Gasteiger partial charge is 0.480 e. The molecule has 0 spiro atoms. The molecular weight excluding hydrogens is 304 g/mol. The Hall–Kier alpha value is -1.14. The number of hydrogen-bond acceptors (Lipinski definition) is 3. The first-order valence-electron chi connectivity index (χ1n) is 5.16. The summed E-state index contributed by atoms with van der Waals surface area (Å²) in [4.78, 5) is 19.6. The number of carbonyl (C=O) groups is 1. The number of rotatable bonds is 3. The van der Waals surface area contributed by atoms with Crippen molar-refractivity contribution in [3.8, 4) is 10.6 Å². The summed E-state index contributed by atoms with van der Waals surface area (Å²) in [6.45, 7) is 0. The molecule has 0 saturated heterocycles. The fourth-order valence-electron chi connectivity index (χ4n) is 1.83. The number of carboxylic acids is 1. The third-order valence-corrected chi connectivity index (χ3v) is 4.68. The van der Waals surface area contributed by atoms with Crippen LogP contribution in [0, 0.1) is 0 Å². The molecule has 1 saturated carbocycles. The van der Waals surface area contributed by atoms with E-state index in [2.05, 4.69) is 25.9 Å². The number of nitrogens with zero attached hydrogens (tertiary/aromatic N) is 1. The average Bonchev–Trinajstić information content (AvgIpc) is 2.76. The summed E-state index contributed by atoms with van der Waals surface area (Å²) >= 11 is 4.99. The van der Waals surface area contributed by atoms with E-state index in [0.717, 1.165) is 14.4 Å². The molecule has 0 atom stereocenters. The van der Waals surface area contributed by atoms with E-state index in [-0.39, 0.29) is 0 Å². The number of aromatic amines is 1. The minimum atomic E-state index is -0.786. The number of imidazole rings is 1. The molecule has 2 aromatic rings. The molecule has 2 N–H and O–H groups in total. The van der Waals surface area contributed by atoms with Gasteiger partial charge in [0.25, 0.3) is 0 Å². The number of halogens is 1. The normalized spacial score (nSPS) is 17.0. The van der Waals surface area contributed by atoms with Gasteiger partial charge in [0.05, 0.1) is 20.6 Å². The Morgan fingerprint density at radius 1 is 1.53 bits per heavy atom. The topological polar surface area (TPSA) is 66.0 Å². The zero-order valence-corrected chi connectivity index (χ0v) is 11.1. The van der Waals surface area contributed by atoms with E-state index in [1.165, 1.54) is 0 Å². The fourth-order valence-corrected chi connectivity index (χ4v) is 3.18. The van der Waals surface area contributed by atoms with Gasteiger partial charge in [-0.05, 0) is 40.9 Å². The lowest BCUT2D eigenvalue weighted by Crippen LogP contribution is -2.20. The predicted octanol–water partition coefficient (Wildman–Crippen LogP) is 3.02. The molecule has 0 radical (unpaired) electrons. The number of nitrogens with one attached hydrogen (secondary N) is 1. The average molecular weight is 313 g/mol. The lowest BCUT2D eigenvalue weighted by molar-refractivity contribution is -0.140. The highest BCUT2D eigenvalue weighted by Gasteiger charge is 2.54. The SMILES string of the molecule is O=C(O)C1(c2ncc(-c3ccc(Br)s3)[nH]2)CC1. The second-order valence-corrected chi connectivity index (χ2v) is 6.60. The van der Waals surface area contributed by atoms with Crippen molar-refractivity contribution in [3.05, 3.63) is 27.9 Å². The summed E-state index contributed by atoms with van der Waals surface area (Å²) in [5.41, 5.74) is 0.121. The maximum Gasteiger partial charge on any atom is 0.317 e. The molecule has 0 amide bonds. The van der Waals surface area contributed by atoms with Crippen LogP contribution in [-0.4, -0.2) is 21.0 Å². The van der Waals surface area contributed by atoms with Gasteiger partial charge in [-0.3, -0.25) is 4.79 Å². The van der Waals surface area contributed by atoms with Crippen molar-refractivity contribution in [2.75, 3.05) is 0 Å². The quantitative estimate of drug-likeness (QED) is 0.915. The summed E-state index contributed by atoms with van der Waals surface area (Å²) in [5, 5.41) is 9.18. The molecule has 88 valence electrons. The summed E-state index contributed by atoms with van der Waals surface area (Å²) in [5.74, 6) is -0.213. The van der Waals surface area contributed by atoms with Gasteiger partial charge in [0.1, 0.15) is 11.2 Å². The predicted molar refractivity (Wildman–Crippen MR) is 68.1 cm³/mol. The molecule has 17 heavy (non-hydrogen) atoms. The van der Waals surface area contributed by atoms with Gasteiger partial charge < -0.3 is 10.1 Å². The van der Waals surface area contributed by atoms with Crippen LogP contribution in [-0.2, 0) is 10.2 Å². The second kappa shape index (κ2) is 3.68. The van der Waals surface area contributed by atoms with Crippen LogP contribution in [0.5, 0.6) is 0 Å². The van der Waals surface area contributed by atoms with Crippen LogP contribution in [0.25, 0.3) is 10.6 Å². The Balaban J connectivity index is 1.96. The Morgan fingerprint density at radius 2 is 2.29 bits per heavy atom. The molecule has 0 aliphatic heterocycles. The van der Waals surface area contributed by atoms with Crippen LogP contribution in [0.15, 0.2) is 22.1 Å². The minimum absolute atomic E-state index is 0.574. The van der Waals surface area contributed by atoms with Gasteiger partial charge in [-0.1, -0.05) is 0 Å². The van der Waals surface area contributed by atoms with Gasteiger partial charge in [0.2, 0.25) is 0 Å². The second-order valence-electron chi connectivity index (χ2n) is 4.14. The standard InChI is InChI=1S/C11H9BrN2O2S/c12-8-2-1-7(17-8)6-5-13-9(14-6)11(3-4-11)10(15)16/h1-2,5H,3-4H2,(H,13,14)(H,15,16). The lowest BCUT2D eigenvalue weighted by atomic mass is 10.1. The molecule has 1 aliphatic rings. The van der Waals surface area contributed by atoms with Crippen LogP contribution in [0.4, 0.5) is 0 Å². The van der Waals surface area contributed by atoms with Crippen LogP contribution in [0.1, 0.15) is 18.7 Å². The van der Waals surface area contributed by atoms with E-state index in [9.17, 15) is 9.90 Å². The Morgan fingerprint density at radius 3 is 2.82 bits per heavy atom. The van der Waals surface area contributed by atoms with Crippen LogP contribution in [0.3, 0.4) is 0 Å². The van der Waals surface area contributed by atoms with Crippen molar-refractivity contribution < 1.29 is 9.90 Å². The third-order valence-electron chi connectivity index (χ3n) is 3.03. The molecule has 0 bridgehead atoms. The molecule has 6 heteroatoms. The van der Waals surface area contributed by atoms with Gasteiger partial charge in [0, 0.05) is 0 Å². The van der Waals surface area contributed by atoms with Crippen molar-refractivity contribution in [2.45, 2.75) is 18.3 Å². The molecule has 4 nitrogen and oxygen atoms in total. The summed E-state index contributed by atoms with van der Waals surface area (Å²) in [6.07, 6.45) is 3.05. The molecule has 0 unspecified atom stereocenters. The number of carboxylic acid groups (broad SMARTS) is 1. The van der Waals surface area contributed by atoms with Crippen molar-refractivity contribution in [3.63, 3.8) is 0 Å². The van der Waals surface area contributed by atoms with Gasteiger partial charge >= 0.3 is 5.97 Å². The van der Waals surface area contributed by atoms with Gasteiger partial charge in [-0.15, -0.1) is 11.3 Å². The van der Waals surface area contributed by atoms with Crippen LogP contribution >= 0.6 is 27.3 Å². The lowest BCUT2D eigenvalue weighted by Gasteiger charge is -2.04. The molecular formula is C11H9BrN2O2S. The zero-order valence-electron chi connectivity index (χ0n) is 8.74. The molecule has 2 heterocycles. The Bertz CT molecular complexity index is 586. The highest BCUT2D eigenvalue weighted by Crippen LogP contribution is 2.47. The number of aromatic nitrogens is 2. The number of thiophene rings is 1. The van der Waals surface area contributed by atoms with E-state index < -0.39 is 11.4 Å². The smallest absolute Gasteiger partial charge is 0.317 e. The maximum atomic E-state index is 11.2. The van der Waals surface area contributed by atoms with Crippen molar-refractivity contribution in [1.82, 2.24) is 9.97 Å². The molecule has 1 aliphatic carbocycles.